The van der Waals surface area contributed by atoms with Gasteiger partial charge in [-0.3, -0.25) is 4.57 Å². The first-order valence-corrected chi connectivity index (χ1v) is 7.25. The van der Waals surface area contributed by atoms with Gasteiger partial charge in [0.05, 0.1) is 23.2 Å². The fraction of sp³-hybridized carbons (Fsp3) is 0.200. The highest BCUT2D eigenvalue weighted by atomic mass is 35.5. The Labute approximate surface area is 132 Å². The molecule has 3 aromatic rings. The largest absolute Gasteiger partial charge is 0.481 e. The Morgan fingerprint density at radius 2 is 1.90 bits per heavy atom. The lowest BCUT2D eigenvalue weighted by Crippen LogP contribution is -2.03. The van der Waals surface area contributed by atoms with E-state index in [-0.39, 0.29) is 5.38 Å². The van der Waals surface area contributed by atoms with Crippen molar-refractivity contribution in [3.63, 3.8) is 0 Å². The molecule has 108 valence electrons. The van der Waals surface area contributed by atoms with Gasteiger partial charge in [0.25, 0.3) is 0 Å². The molecule has 6 heteroatoms. The molecule has 1 atom stereocenters. The van der Waals surface area contributed by atoms with E-state index in [4.69, 9.17) is 27.9 Å². The van der Waals surface area contributed by atoms with E-state index >= 15 is 0 Å². The summed E-state index contributed by atoms with van der Waals surface area (Å²) in [6.07, 6.45) is 0. The predicted molar refractivity (Wildman–Crippen MR) is 84.7 cm³/mol. The minimum atomic E-state index is -0.276. The van der Waals surface area contributed by atoms with E-state index in [1.54, 1.807) is 13.2 Å². The Hall–Kier alpha value is -1.78. The van der Waals surface area contributed by atoms with Crippen molar-refractivity contribution in [3.05, 3.63) is 47.2 Å². The quantitative estimate of drug-likeness (QED) is 0.672. The Bertz CT molecular complexity index is 799. The molecule has 4 nitrogen and oxygen atoms in total. The molecule has 0 fully saturated rings. The van der Waals surface area contributed by atoms with Crippen molar-refractivity contribution in [1.82, 2.24) is 14.5 Å². The number of alkyl halides is 1. The molecule has 0 bridgehead atoms. The van der Waals surface area contributed by atoms with Gasteiger partial charge in [0.1, 0.15) is 11.3 Å². The molecule has 0 aliphatic heterocycles. The van der Waals surface area contributed by atoms with Gasteiger partial charge in [-0.2, -0.15) is 4.98 Å². The van der Waals surface area contributed by atoms with Gasteiger partial charge in [0.15, 0.2) is 5.65 Å². The van der Waals surface area contributed by atoms with Gasteiger partial charge in [-0.15, -0.1) is 11.6 Å². The number of fused-ring (bicyclic) bond motifs is 1. The van der Waals surface area contributed by atoms with Crippen LogP contribution in [-0.4, -0.2) is 21.6 Å². The van der Waals surface area contributed by atoms with Gasteiger partial charge < -0.3 is 4.74 Å². The van der Waals surface area contributed by atoms with Gasteiger partial charge in [-0.1, -0.05) is 23.7 Å². The van der Waals surface area contributed by atoms with Crippen LogP contribution in [0.1, 0.15) is 18.1 Å². The van der Waals surface area contributed by atoms with Crippen molar-refractivity contribution in [2.75, 3.05) is 7.11 Å². The second kappa shape index (κ2) is 5.54. The van der Waals surface area contributed by atoms with Crippen LogP contribution in [-0.2, 0) is 0 Å². The molecule has 0 saturated heterocycles. The summed E-state index contributed by atoms with van der Waals surface area (Å²) in [6.45, 7) is 1.87. The zero-order chi connectivity index (χ0) is 15.0. The zero-order valence-corrected chi connectivity index (χ0v) is 13.1. The van der Waals surface area contributed by atoms with E-state index in [0.717, 1.165) is 11.2 Å². The van der Waals surface area contributed by atoms with E-state index in [1.807, 2.05) is 41.8 Å². The lowest BCUT2D eigenvalue weighted by atomic mass is 10.3. The highest BCUT2D eigenvalue weighted by molar-refractivity contribution is 6.32. The summed E-state index contributed by atoms with van der Waals surface area (Å²) in [4.78, 5) is 9.03. The molecule has 2 heterocycles. The van der Waals surface area contributed by atoms with Crippen molar-refractivity contribution in [3.8, 4) is 11.6 Å². The summed E-state index contributed by atoms with van der Waals surface area (Å²) < 4.78 is 7.07. The molecule has 0 spiro atoms. The van der Waals surface area contributed by atoms with Crippen molar-refractivity contribution < 1.29 is 4.74 Å². The van der Waals surface area contributed by atoms with E-state index in [0.29, 0.717) is 22.4 Å². The van der Waals surface area contributed by atoms with Gasteiger partial charge in [-0.05, 0) is 25.1 Å². The molecule has 3 rings (SSSR count). The van der Waals surface area contributed by atoms with Crippen LogP contribution in [0.4, 0.5) is 0 Å². The van der Waals surface area contributed by atoms with Crippen molar-refractivity contribution in [2.45, 2.75) is 12.3 Å². The van der Waals surface area contributed by atoms with Gasteiger partial charge in [0.2, 0.25) is 5.88 Å². The zero-order valence-electron chi connectivity index (χ0n) is 11.5. The fourth-order valence-electron chi connectivity index (χ4n) is 2.21. The van der Waals surface area contributed by atoms with Crippen LogP contribution >= 0.6 is 23.2 Å². The maximum absolute atomic E-state index is 6.32. The molecular weight excluding hydrogens is 309 g/mol. The SMILES string of the molecule is COc1ccc2nc(C(C)Cl)n(-c3ccccc3Cl)c2n1. The third kappa shape index (κ3) is 2.45. The van der Waals surface area contributed by atoms with Crippen molar-refractivity contribution in [2.24, 2.45) is 0 Å². The van der Waals surface area contributed by atoms with Gasteiger partial charge >= 0.3 is 0 Å². The van der Waals surface area contributed by atoms with Gasteiger partial charge in [0, 0.05) is 6.07 Å². The number of pyridine rings is 1. The standard InChI is InChI=1S/C15H13Cl2N3O/c1-9(16)14-18-11-7-8-13(21-2)19-15(11)20(14)12-6-4-3-5-10(12)17/h3-9H,1-2H3. The van der Waals surface area contributed by atoms with Crippen LogP contribution in [0.25, 0.3) is 16.9 Å². The summed E-state index contributed by atoms with van der Waals surface area (Å²) >= 11 is 12.6. The molecule has 1 aromatic carbocycles. The van der Waals surface area contributed by atoms with Crippen LogP contribution < -0.4 is 4.74 Å². The Morgan fingerprint density at radius 1 is 1.14 bits per heavy atom. The third-order valence-corrected chi connectivity index (χ3v) is 3.68. The minimum Gasteiger partial charge on any atom is -0.481 e. The third-order valence-electron chi connectivity index (χ3n) is 3.16. The van der Waals surface area contributed by atoms with E-state index < -0.39 is 0 Å². The number of methoxy groups -OCH3 is 1. The van der Waals surface area contributed by atoms with Crippen LogP contribution in [0.5, 0.6) is 5.88 Å². The second-order valence-corrected chi connectivity index (χ2v) is 5.63. The van der Waals surface area contributed by atoms with E-state index in [1.165, 1.54) is 0 Å². The molecule has 0 N–H and O–H groups in total. The Kier molecular flexibility index (Phi) is 3.74. The number of halogens is 2. The molecule has 21 heavy (non-hydrogen) atoms. The highest BCUT2D eigenvalue weighted by Gasteiger charge is 2.19. The number of para-hydroxylation sites is 1. The molecule has 2 aromatic heterocycles. The number of aromatic nitrogens is 3. The van der Waals surface area contributed by atoms with Gasteiger partial charge in [-0.25, -0.2) is 4.98 Å². The van der Waals surface area contributed by atoms with Crippen molar-refractivity contribution >= 4 is 34.4 Å². The molecule has 0 saturated carbocycles. The van der Waals surface area contributed by atoms with Crippen LogP contribution in [0.3, 0.4) is 0 Å². The summed E-state index contributed by atoms with van der Waals surface area (Å²) in [5.74, 6) is 1.21. The molecule has 0 aliphatic rings. The predicted octanol–water partition coefficient (Wildman–Crippen LogP) is 4.38. The lowest BCUT2D eigenvalue weighted by Gasteiger charge is -2.11. The van der Waals surface area contributed by atoms with Crippen LogP contribution in [0.15, 0.2) is 36.4 Å². The number of imidazole rings is 1. The Balaban J connectivity index is 2.37. The topological polar surface area (TPSA) is 39.9 Å². The number of benzene rings is 1. The van der Waals surface area contributed by atoms with Crippen molar-refractivity contribution in [1.29, 1.82) is 0 Å². The fourth-order valence-corrected chi connectivity index (χ4v) is 2.58. The molecule has 0 radical (unpaired) electrons. The summed E-state index contributed by atoms with van der Waals surface area (Å²) in [7, 11) is 1.58. The first kappa shape index (κ1) is 14.2. The number of ether oxygens (including phenoxy) is 1. The maximum atomic E-state index is 6.32. The summed E-state index contributed by atoms with van der Waals surface area (Å²) in [6, 6.07) is 11.2. The normalized spacial score (nSPS) is 12.6. The van der Waals surface area contributed by atoms with E-state index in [9.17, 15) is 0 Å². The average molecular weight is 322 g/mol. The first-order chi connectivity index (χ1) is 10.1. The average Bonchev–Trinajstić information content (AvgIpc) is 2.86. The maximum Gasteiger partial charge on any atom is 0.215 e. The molecule has 0 amide bonds. The summed E-state index contributed by atoms with van der Waals surface area (Å²) in [5, 5.41) is 0.335. The first-order valence-electron chi connectivity index (χ1n) is 6.44. The second-order valence-electron chi connectivity index (χ2n) is 4.57. The molecular formula is C15H13Cl2N3O. The number of hydrogen-bond donors (Lipinski definition) is 0. The Morgan fingerprint density at radius 3 is 2.57 bits per heavy atom. The summed E-state index contributed by atoms with van der Waals surface area (Å²) in [5.41, 5.74) is 2.22. The van der Waals surface area contributed by atoms with E-state index in [2.05, 4.69) is 9.97 Å². The number of hydrogen-bond acceptors (Lipinski definition) is 3. The smallest absolute Gasteiger partial charge is 0.215 e. The lowest BCUT2D eigenvalue weighted by molar-refractivity contribution is 0.399. The number of nitrogens with zero attached hydrogens (tertiary/aromatic N) is 3. The molecule has 1 unspecified atom stereocenters. The minimum absolute atomic E-state index is 0.276. The highest BCUT2D eigenvalue weighted by Crippen LogP contribution is 2.31. The van der Waals surface area contributed by atoms with Crippen LogP contribution in [0.2, 0.25) is 5.02 Å². The monoisotopic (exact) mass is 321 g/mol. The number of rotatable bonds is 3. The molecule has 0 aliphatic carbocycles. The van der Waals surface area contributed by atoms with Crippen LogP contribution in [0, 0.1) is 0 Å².